The van der Waals surface area contributed by atoms with E-state index in [1.54, 1.807) is 0 Å². The van der Waals surface area contributed by atoms with Crippen LogP contribution in [-0.2, 0) is 6.54 Å². The van der Waals surface area contributed by atoms with Crippen molar-refractivity contribution in [3.05, 3.63) is 61.0 Å². The number of hydrogen-bond donors (Lipinski definition) is 1. The Hall–Kier alpha value is -0.220. The fraction of sp³-hybridized carbons (Fsp3) is 0.0769. The van der Waals surface area contributed by atoms with Crippen LogP contribution in [0.15, 0.2) is 45.3 Å². The second-order valence-corrected chi connectivity index (χ2v) is 6.21. The molecule has 0 aliphatic heterocycles. The van der Waals surface area contributed by atoms with Gasteiger partial charge in [0, 0.05) is 16.0 Å². The van der Waals surface area contributed by atoms with Crippen LogP contribution in [0.25, 0.3) is 0 Å². The van der Waals surface area contributed by atoms with E-state index in [0.29, 0.717) is 11.6 Å². The second kappa shape index (κ2) is 6.29. The Morgan fingerprint density at radius 1 is 1.00 bits per heavy atom. The lowest BCUT2D eigenvalue weighted by molar-refractivity contribution is 1.14. The maximum Gasteiger partial charge on any atom is 0.0593 e. The molecule has 2 aromatic carbocycles. The van der Waals surface area contributed by atoms with Crippen LogP contribution in [0.1, 0.15) is 5.56 Å². The predicted molar refractivity (Wildman–Crippen MR) is 85.6 cm³/mol. The summed E-state index contributed by atoms with van der Waals surface area (Å²) in [6.45, 7) is 0.644. The predicted octanol–water partition coefficient (Wildman–Crippen LogP) is 6.13. The SMILES string of the molecule is Clc1cc(Br)ccc1CNc1cccc(Cl)c1Br. The summed E-state index contributed by atoms with van der Waals surface area (Å²) in [5.74, 6) is 0. The van der Waals surface area contributed by atoms with Gasteiger partial charge in [-0.15, -0.1) is 0 Å². The first-order chi connectivity index (χ1) is 8.58. The standard InChI is InChI=1S/C13H9Br2Cl2N/c14-9-5-4-8(11(17)6-9)7-18-12-3-1-2-10(16)13(12)15/h1-6,18H,7H2. The average molecular weight is 410 g/mol. The number of nitrogens with one attached hydrogen (secondary N) is 1. The van der Waals surface area contributed by atoms with E-state index in [9.17, 15) is 0 Å². The molecule has 0 aliphatic rings. The minimum absolute atomic E-state index is 0.644. The van der Waals surface area contributed by atoms with Gasteiger partial charge in [-0.25, -0.2) is 0 Å². The van der Waals surface area contributed by atoms with Gasteiger partial charge in [0.1, 0.15) is 0 Å². The van der Waals surface area contributed by atoms with Gasteiger partial charge in [0.2, 0.25) is 0 Å². The average Bonchev–Trinajstić information content (AvgIpc) is 2.33. The normalized spacial score (nSPS) is 10.4. The first-order valence-corrected chi connectivity index (χ1v) is 7.54. The molecule has 2 aromatic rings. The fourth-order valence-electron chi connectivity index (χ4n) is 1.50. The van der Waals surface area contributed by atoms with Crippen molar-refractivity contribution in [1.82, 2.24) is 0 Å². The molecular weight excluding hydrogens is 401 g/mol. The monoisotopic (exact) mass is 407 g/mol. The van der Waals surface area contributed by atoms with Crippen LogP contribution in [0.4, 0.5) is 5.69 Å². The fourth-order valence-corrected chi connectivity index (χ4v) is 2.82. The molecule has 5 heteroatoms. The van der Waals surface area contributed by atoms with Gasteiger partial charge in [-0.3, -0.25) is 0 Å². The Morgan fingerprint density at radius 3 is 2.50 bits per heavy atom. The highest BCUT2D eigenvalue weighted by atomic mass is 79.9. The van der Waals surface area contributed by atoms with Crippen molar-refractivity contribution < 1.29 is 0 Å². The van der Waals surface area contributed by atoms with Gasteiger partial charge < -0.3 is 5.32 Å². The number of hydrogen-bond acceptors (Lipinski definition) is 1. The van der Waals surface area contributed by atoms with E-state index in [2.05, 4.69) is 37.2 Å². The molecular formula is C13H9Br2Cl2N. The summed E-state index contributed by atoms with van der Waals surface area (Å²) in [5.41, 5.74) is 1.98. The number of benzene rings is 2. The van der Waals surface area contributed by atoms with Gasteiger partial charge in [0.05, 0.1) is 15.2 Å². The molecule has 0 spiro atoms. The summed E-state index contributed by atoms with van der Waals surface area (Å²) in [6.07, 6.45) is 0. The summed E-state index contributed by atoms with van der Waals surface area (Å²) in [6, 6.07) is 11.5. The molecule has 0 fully saturated rings. The largest absolute Gasteiger partial charge is 0.380 e. The quantitative estimate of drug-likeness (QED) is 0.642. The lowest BCUT2D eigenvalue weighted by Gasteiger charge is -2.10. The van der Waals surface area contributed by atoms with E-state index < -0.39 is 0 Å². The number of halogens is 4. The van der Waals surface area contributed by atoms with Crippen molar-refractivity contribution in [2.75, 3.05) is 5.32 Å². The number of anilines is 1. The van der Waals surface area contributed by atoms with E-state index in [1.165, 1.54) is 0 Å². The van der Waals surface area contributed by atoms with Gasteiger partial charge >= 0.3 is 0 Å². The van der Waals surface area contributed by atoms with E-state index in [0.717, 1.165) is 25.2 Å². The van der Waals surface area contributed by atoms with Gasteiger partial charge in [0.15, 0.2) is 0 Å². The molecule has 0 atom stereocenters. The van der Waals surface area contributed by atoms with E-state index >= 15 is 0 Å². The molecule has 94 valence electrons. The molecule has 0 aliphatic carbocycles. The molecule has 0 radical (unpaired) electrons. The third-order valence-electron chi connectivity index (χ3n) is 2.44. The minimum Gasteiger partial charge on any atom is -0.380 e. The number of rotatable bonds is 3. The summed E-state index contributed by atoms with van der Waals surface area (Å²) >= 11 is 19.0. The second-order valence-electron chi connectivity index (χ2n) is 3.69. The molecule has 0 bridgehead atoms. The Balaban J connectivity index is 2.14. The molecule has 1 N–H and O–H groups in total. The molecule has 1 nitrogen and oxygen atoms in total. The summed E-state index contributed by atoms with van der Waals surface area (Å²) in [7, 11) is 0. The van der Waals surface area contributed by atoms with Crippen molar-refractivity contribution in [2.24, 2.45) is 0 Å². The molecule has 0 unspecified atom stereocenters. The zero-order chi connectivity index (χ0) is 13.1. The lowest BCUT2D eigenvalue weighted by atomic mass is 10.2. The van der Waals surface area contributed by atoms with Gasteiger partial charge in [-0.05, 0) is 45.8 Å². The van der Waals surface area contributed by atoms with Crippen molar-refractivity contribution >= 4 is 60.7 Å². The Bertz CT molecular complexity index is 573. The van der Waals surface area contributed by atoms with E-state index in [-0.39, 0.29) is 0 Å². The maximum absolute atomic E-state index is 6.16. The molecule has 0 aromatic heterocycles. The van der Waals surface area contributed by atoms with E-state index in [1.807, 2.05) is 36.4 Å². The maximum atomic E-state index is 6.16. The highest BCUT2D eigenvalue weighted by molar-refractivity contribution is 9.11. The van der Waals surface area contributed by atoms with Crippen LogP contribution in [0.3, 0.4) is 0 Å². The van der Waals surface area contributed by atoms with Crippen LogP contribution >= 0.6 is 55.1 Å². The van der Waals surface area contributed by atoms with Crippen molar-refractivity contribution in [3.8, 4) is 0 Å². The van der Waals surface area contributed by atoms with Crippen LogP contribution in [0, 0.1) is 0 Å². The molecule has 18 heavy (non-hydrogen) atoms. The minimum atomic E-state index is 0.644. The summed E-state index contributed by atoms with van der Waals surface area (Å²) < 4.78 is 1.83. The van der Waals surface area contributed by atoms with Crippen molar-refractivity contribution in [1.29, 1.82) is 0 Å². The molecule has 2 rings (SSSR count). The summed E-state index contributed by atoms with van der Waals surface area (Å²) in [4.78, 5) is 0. The van der Waals surface area contributed by atoms with Gasteiger partial charge in [0.25, 0.3) is 0 Å². The Morgan fingerprint density at radius 2 is 1.78 bits per heavy atom. The van der Waals surface area contributed by atoms with Crippen molar-refractivity contribution in [3.63, 3.8) is 0 Å². The van der Waals surface area contributed by atoms with Crippen LogP contribution in [-0.4, -0.2) is 0 Å². The first-order valence-electron chi connectivity index (χ1n) is 5.20. The third kappa shape index (κ3) is 3.41. The zero-order valence-electron chi connectivity index (χ0n) is 9.18. The van der Waals surface area contributed by atoms with Crippen LogP contribution in [0.2, 0.25) is 10.0 Å². The smallest absolute Gasteiger partial charge is 0.0593 e. The first kappa shape index (κ1) is 14.2. The zero-order valence-corrected chi connectivity index (χ0v) is 13.9. The van der Waals surface area contributed by atoms with E-state index in [4.69, 9.17) is 23.2 Å². The van der Waals surface area contributed by atoms with Gasteiger partial charge in [-0.2, -0.15) is 0 Å². The summed E-state index contributed by atoms with van der Waals surface area (Å²) in [5, 5.41) is 4.71. The lowest BCUT2D eigenvalue weighted by Crippen LogP contribution is -2.00. The topological polar surface area (TPSA) is 12.0 Å². The van der Waals surface area contributed by atoms with Gasteiger partial charge in [-0.1, -0.05) is 51.3 Å². The molecule has 0 saturated heterocycles. The Labute approximate surface area is 133 Å². The van der Waals surface area contributed by atoms with Crippen molar-refractivity contribution in [2.45, 2.75) is 6.54 Å². The Kier molecular flexibility index (Phi) is 4.96. The molecule has 0 amide bonds. The molecule has 0 saturated carbocycles. The third-order valence-corrected chi connectivity index (χ3v) is 4.68. The van der Waals surface area contributed by atoms with Crippen LogP contribution in [0.5, 0.6) is 0 Å². The van der Waals surface area contributed by atoms with Crippen LogP contribution < -0.4 is 5.32 Å². The molecule has 0 heterocycles. The highest BCUT2D eigenvalue weighted by Gasteiger charge is 2.05. The highest BCUT2D eigenvalue weighted by Crippen LogP contribution is 2.31.